The van der Waals surface area contributed by atoms with Gasteiger partial charge in [-0.15, -0.1) is 0 Å². The monoisotopic (exact) mass is 309 g/mol. The molecule has 0 aromatic rings. The Bertz CT molecular complexity index is 321. The number of hydrogen-bond acceptors (Lipinski definition) is 5. The fourth-order valence-corrected chi connectivity index (χ4v) is 3.36. The smallest absolute Gasteiger partial charge is 0.408 e. The first-order valence-corrected chi connectivity index (χ1v) is 8.25. The highest BCUT2D eigenvalue weighted by Crippen LogP contribution is 2.35. The molecule has 0 aromatic carbocycles. The minimum absolute atomic E-state index is 0.0413. The number of alkyl carbamates (subject to hydrolysis) is 1. The van der Waals surface area contributed by atoms with Crippen LogP contribution in [0.25, 0.3) is 0 Å². The molecular weight excluding hydrogens is 286 g/mol. The molecule has 5 nitrogen and oxygen atoms in total. The molecule has 0 saturated carbocycles. The van der Waals surface area contributed by atoms with Crippen LogP contribution in [0.3, 0.4) is 0 Å². The molecule has 0 aliphatic heterocycles. The summed E-state index contributed by atoms with van der Waals surface area (Å²) in [7, 11) is 3.00. The third kappa shape index (κ3) is 11.0. The van der Waals surface area contributed by atoms with Gasteiger partial charge in [-0.3, -0.25) is 0 Å². The van der Waals surface area contributed by atoms with Gasteiger partial charge < -0.3 is 15.2 Å². The molecule has 0 fully saturated rings. The molecule has 0 heterocycles. The number of hydrogen-bond donors (Lipinski definition) is 2. The third-order valence-corrected chi connectivity index (χ3v) is 4.88. The second-order valence-electron chi connectivity index (χ2n) is 6.02. The maximum atomic E-state index is 11.5. The fourth-order valence-electron chi connectivity index (χ4n) is 0.903. The summed E-state index contributed by atoms with van der Waals surface area (Å²) < 4.78 is 5.08. The first kappa shape index (κ1) is 18.4. The predicted octanol–water partition coefficient (Wildman–Crippen LogP) is 3.14. The average molecular weight is 309 g/mol. The number of nitrogens with one attached hydrogen (secondary N) is 1. The van der Waals surface area contributed by atoms with Crippen molar-refractivity contribution in [3.05, 3.63) is 0 Å². The Morgan fingerprint density at radius 3 is 2.11 bits per heavy atom. The van der Waals surface area contributed by atoms with Gasteiger partial charge in [0.1, 0.15) is 11.6 Å². The summed E-state index contributed by atoms with van der Waals surface area (Å²) in [5.41, 5.74) is -0.638. The number of amides is 1. The van der Waals surface area contributed by atoms with Gasteiger partial charge in [0.2, 0.25) is 0 Å². The molecule has 1 atom stereocenters. The Labute approximate surface area is 122 Å². The highest BCUT2D eigenvalue weighted by Gasteiger charge is 2.24. The highest BCUT2D eigenvalue weighted by atomic mass is 33.1. The largest absolute Gasteiger partial charge is 0.480 e. The van der Waals surface area contributed by atoms with Crippen LogP contribution in [-0.4, -0.2) is 39.3 Å². The zero-order valence-corrected chi connectivity index (χ0v) is 13.9. The number of ether oxygens (including phenoxy) is 1. The van der Waals surface area contributed by atoms with E-state index in [2.05, 4.69) is 5.32 Å². The quantitative estimate of drug-likeness (QED) is 0.760. The molecule has 0 aromatic heterocycles. The van der Waals surface area contributed by atoms with Crippen molar-refractivity contribution in [2.24, 2.45) is 0 Å². The van der Waals surface area contributed by atoms with Gasteiger partial charge in [-0.25, -0.2) is 9.59 Å². The van der Waals surface area contributed by atoms with Gasteiger partial charge in [0.05, 0.1) is 0 Å². The normalized spacial score (nSPS) is 13.8. The molecule has 0 radical (unpaired) electrons. The van der Waals surface area contributed by atoms with Crippen LogP contribution in [0.5, 0.6) is 0 Å². The predicted molar refractivity (Wildman–Crippen MR) is 80.6 cm³/mol. The molecule has 7 heteroatoms. The second kappa shape index (κ2) is 7.28. The van der Waals surface area contributed by atoms with Gasteiger partial charge in [0, 0.05) is 10.5 Å². The van der Waals surface area contributed by atoms with E-state index >= 15 is 0 Å². The lowest BCUT2D eigenvalue weighted by molar-refractivity contribution is -0.138. The molecule has 0 aliphatic carbocycles. The molecule has 0 aliphatic rings. The Hall–Kier alpha value is -0.560. The number of carboxylic acids is 1. The van der Waals surface area contributed by atoms with Gasteiger partial charge >= 0.3 is 12.1 Å². The maximum Gasteiger partial charge on any atom is 0.408 e. The van der Waals surface area contributed by atoms with Crippen LogP contribution >= 0.6 is 21.6 Å². The maximum absolute atomic E-state index is 11.5. The molecule has 0 rings (SSSR count). The van der Waals surface area contributed by atoms with Crippen molar-refractivity contribution in [1.82, 2.24) is 5.32 Å². The Morgan fingerprint density at radius 1 is 1.21 bits per heavy atom. The summed E-state index contributed by atoms with van der Waals surface area (Å²) in [5, 5.41) is 11.4. The zero-order valence-electron chi connectivity index (χ0n) is 12.3. The lowest BCUT2D eigenvalue weighted by atomic mass is 10.2. The summed E-state index contributed by atoms with van der Waals surface area (Å²) in [6.45, 7) is 11.3. The lowest BCUT2D eigenvalue weighted by Crippen LogP contribution is -2.44. The molecule has 0 saturated heterocycles. The molecule has 112 valence electrons. The number of aliphatic carboxylic acids is 1. The van der Waals surface area contributed by atoms with E-state index < -0.39 is 23.7 Å². The summed E-state index contributed by atoms with van der Waals surface area (Å²) in [6, 6.07) is -0.949. The second-order valence-corrected chi connectivity index (χ2v) is 9.18. The number of carbonyl (C=O) groups is 2. The van der Waals surface area contributed by atoms with Crippen molar-refractivity contribution in [2.45, 2.75) is 57.9 Å². The Kier molecular flexibility index (Phi) is 7.07. The van der Waals surface area contributed by atoms with Crippen molar-refractivity contribution in [3.63, 3.8) is 0 Å². The molecule has 1 amide bonds. The van der Waals surface area contributed by atoms with Crippen molar-refractivity contribution in [2.75, 3.05) is 5.75 Å². The van der Waals surface area contributed by atoms with Crippen LogP contribution in [0.2, 0.25) is 0 Å². The fraction of sp³-hybridized carbons (Fsp3) is 0.833. The van der Waals surface area contributed by atoms with Gasteiger partial charge in [0.15, 0.2) is 0 Å². The number of carboxylic acid groups (broad SMARTS) is 1. The Morgan fingerprint density at radius 2 is 1.74 bits per heavy atom. The molecule has 0 unspecified atom stereocenters. The molecule has 0 bridgehead atoms. The average Bonchev–Trinajstić information content (AvgIpc) is 2.10. The first-order chi connectivity index (χ1) is 8.41. The lowest BCUT2D eigenvalue weighted by Gasteiger charge is -2.22. The van der Waals surface area contributed by atoms with Crippen LogP contribution in [0.4, 0.5) is 4.79 Å². The molecule has 0 spiro atoms. The van der Waals surface area contributed by atoms with Crippen LogP contribution in [0.1, 0.15) is 41.5 Å². The SMILES string of the molecule is CC(C)(C)OC(=O)N[C@H](CSSC(C)(C)C)C(=O)O. The van der Waals surface area contributed by atoms with Crippen LogP contribution < -0.4 is 5.32 Å². The standard InChI is InChI=1S/C12H23NO4S2/c1-11(2,3)17-10(16)13-8(9(14)15)7-18-19-12(4,5)6/h8H,7H2,1-6H3,(H,13,16)(H,14,15)/t8-/m1/s1. The van der Waals surface area contributed by atoms with Gasteiger partial charge in [-0.2, -0.15) is 0 Å². The topological polar surface area (TPSA) is 75.6 Å². The van der Waals surface area contributed by atoms with Crippen LogP contribution in [-0.2, 0) is 9.53 Å². The van der Waals surface area contributed by atoms with Crippen LogP contribution in [0, 0.1) is 0 Å². The van der Waals surface area contributed by atoms with Gasteiger partial charge in [-0.1, -0.05) is 42.4 Å². The van der Waals surface area contributed by atoms with Crippen molar-refractivity contribution in [1.29, 1.82) is 0 Å². The Balaban J connectivity index is 4.28. The van der Waals surface area contributed by atoms with Crippen LogP contribution in [0.15, 0.2) is 0 Å². The minimum atomic E-state index is -1.06. The number of carbonyl (C=O) groups excluding carboxylic acids is 1. The third-order valence-electron chi connectivity index (χ3n) is 1.53. The summed E-state index contributed by atoms with van der Waals surface area (Å²) in [4.78, 5) is 22.6. The van der Waals surface area contributed by atoms with E-state index in [1.54, 1.807) is 31.6 Å². The van der Waals surface area contributed by atoms with E-state index in [1.165, 1.54) is 10.8 Å². The summed E-state index contributed by atoms with van der Waals surface area (Å²) in [6.07, 6.45) is -0.707. The van der Waals surface area contributed by atoms with Crippen molar-refractivity contribution < 1.29 is 19.4 Å². The van der Waals surface area contributed by atoms with Gasteiger partial charge in [-0.05, 0) is 20.8 Å². The van der Waals surface area contributed by atoms with E-state index in [1.807, 2.05) is 20.8 Å². The van der Waals surface area contributed by atoms with E-state index in [-0.39, 0.29) is 10.5 Å². The van der Waals surface area contributed by atoms with E-state index in [9.17, 15) is 9.59 Å². The van der Waals surface area contributed by atoms with E-state index in [4.69, 9.17) is 9.84 Å². The van der Waals surface area contributed by atoms with Gasteiger partial charge in [0.25, 0.3) is 0 Å². The number of rotatable bonds is 5. The molecular formula is C12H23NO4S2. The van der Waals surface area contributed by atoms with Crippen molar-refractivity contribution >= 4 is 33.7 Å². The molecule has 2 N–H and O–H groups in total. The molecule has 19 heavy (non-hydrogen) atoms. The zero-order chi connectivity index (χ0) is 15.3. The highest BCUT2D eigenvalue weighted by molar-refractivity contribution is 8.77. The summed E-state index contributed by atoms with van der Waals surface area (Å²) in [5.74, 6) is -0.774. The summed E-state index contributed by atoms with van der Waals surface area (Å²) >= 11 is 0. The van der Waals surface area contributed by atoms with E-state index in [0.717, 1.165) is 0 Å². The first-order valence-electron chi connectivity index (χ1n) is 5.94. The minimum Gasteiger partial charge on any atom is -0.480 e. The van der Waals surface area contributed by atoms with E-state index in [0.29, 0.717) is 0 Å². The van der Waals surface area contributed by atoms with Crippen molar-refractivity contribution in [3.8, 4) is 0 Å².